The summed E-state index contributed by atoms with van der Waals surface area (Å²) >= 11 is 0. The summed E-state index contributed by atoms with van der Waals surface area (Å²) in [7, 11) is 1.50. The Labute approximate surface area is 117 Å². The Bertz CT molecular complexity index is 358. The highest BCUT2D eigenvalue weighted by atomic mass is 16.5. The molecular weight excluding hydrogens is 268 g/mol. The maximum absolute atomic E-state index is 11.0. The number of carboxylic acids is 1. The molecule has 0 bridgehead atoms. The zero-order valence-corrected chi connectivity index (χ0v) is 11.6. The minimum absolute atomic E-state index is 0.0493. The van der Waals surface area contributed by atoms with E-state index in [2.05, 4.69) is 11.1 Å². The van der Waals surface area contributed by atoms with E-state index in [9.17, 15) is 14.7 Å². The summed E-state index contributed by atoms with van der Waals surface area (Å²) in [6, 6.07) is -0.507. The van der Waals surface area contributed by atoms with Gasteiger partial charge in [-0.15, -0.1) is 0 Å². The van der Waals surface area contributed by atoms with E-state index in [0.29, 0.717) is 0 Å². The second-order valence-corrected chi connectivity index (χ2v) is 4.08. The molecule has 1 aliphatic rings. The summed E-state index contributed by atoms with van der Waals surface area (Å²) < 4.78 is 5.16. The Hall–Kier alpha value is -1.64. The third kappa shape index (κ3) is 5.55. The largest absolute Gasteiger partial charge is 0.478 e. The van der Waals surface area contributed by atoms with Crippen molar-refractivity contribution in [2.45, 2.75) is 38.0 Å². The molecule has 8 heteroatoms. The van der Waals surface area contributed by atoms with Gasteiger partial charge in [0, 0.05) is 20.0 Å². The standard InChI is InChI=1S/C11H17NO6.CH5N/c1-6(14)12-7-2-3-9(11(16)17)18-10(7)8(15)4-5-13;1-2/h3,7-8,10,13,15H,2,4-5H2,1H3,(H,12,14)(H,16,17);2H2,1H3/t7?,8-,10?;/m0./s1. The first kappa shape index (κ1) is 18.4. The summed E-state index contributed by atoms with van der Waals surface area (Å²) in [5.74, 6) is -1.77. The van der Waals surface area contributed by atoms with E-state index in [1.165, 1.54) is 20.0 Å². The number of rotatable bonds is 5. The van der Waals surface area contributed by atoms with Crippen LogP contribution in [0, 0.1) is 0 Å². The number of nitrogens with one attached hydrogen (secondary N) is 1. The molecule has 0 spiro atoms. The number of aliphatic hydroxyl groups excluding tert-OH is 2. The average molecular weight is 290 g/mol. The van der Waals surface area contributed by atoms with Crippen LogP contribution in [0.1, 0.15) is 19.8 Å². The number of carboxylic acid groups (broad SMARTS) is 1. The van der Waals surface area contributed by atoms with Crippen LogP contribution in [0.2, 0.25) is 0 Å². The summed E-state index contributed by atoms with van der Waals surface area (Å²) in [5.41, 5.74) is 4.50. The van der Waals surface area contributed by atoms with E-state index >= 15 is 0 Å². The molecule has 1 heterocycles. The zero-order chi connectivity index (χ0) is 15.7. The summed E-state index contributed by atoms with van der Waals surface area (Å²) in [4.78, 5) is 21.8. The quantitative estimate of drug-likeness (QED) is 0.417. The van der Waals surface area contributed by atoms with E-state index in [1.54, 1.807) is 0 Å². The average Bonchev–Trinajstić information content (AvgIpc) is 2.40. The van der Waals surface area contributed by atoms with Gasteiger partial charge in [0.15, 0.2) is 0 Å². The molecule has 6 N–H and O–H groups in total. The van der Waals surface area contributed by atoms with Crippen molar-refractivity contribution in [3.63, 3.8) is 0 Å². The molecule has 3 atom stereocenters. The lowest BCUT2D eigenvalue weighted by molar-refractivity contribution is -0.141. The highest BCUT2D eigenvalue weighted by Crippen LogP contribution is 2.22. The minimum Gasteiger partial charge on any atom is -0.478 e. The molecule has 1 aliphatic heterocycles. The lowest BCUT2D eigenvalue weighted by atomic mass is 9.97. The van der Waals surface area contributed by atoms with Gasteiger partial charge in [-0.2, -0.15) is 0 Å². The molecule has 2 unspecified atom stereocenters. The first-order chi connectivity index (χ1) is 9.45. The summed E-state index contributed by atoms with van der Waals surface area (Å²) in [6.07, 6.45) is -0.264. The van der Waals surface area contributed by atoms with Crippen LogP contribution in [0.5, 0.6) is 0 Å². The molecule has 0 aliphatic carbocycles. The predicted molar refractivity (Wildman–Crippen MR) is 70.6 cm³/mol. The molecule has 116 valence electrons. The Balaban J connectivity index is 0.00000172. The molecule has 0 saturated heterocycles. The van der Waals surface area contributed by atoms with Crippen LogP contribution in [0.15, 0.2) is 11.8 Å². The van der Waals surface area contributed by atoms with Gasteiger partial charge in [-0.25, -0.2) is 4.79 Å². The molecule has 0 fully saturated rings. The number of aliphatic carboxylic acids is 1. The molecule has 0 saturated carbocycles. The van der Waals surface area contributed by atoms with E-state index in [4.69, 9.17) is 14.9 Å². The van der Waals surface area contributed by atoms with Crippen molar-refractivity contribution in [1.29, 1.82) is 0 Å². The Morgan fingerprint density at radius 2 is 2.15 bits per heavy atom. The van der Waals surface area contributed by atoms with Crippen molar-refractivity contribution in [3.05, 3.63) is 11.8 Å². The second kappa shape index (κ2) is 9.29. The number of ether oxygens (including phenoxy) is 1. The fourth-order valence-electron chi connectivity index (χ4n) is 1.83. The van der Waals surface area contributed by atoms with E-state index in [0.717, 1.165) is 0 Å². The van der Waals surface area contributed by atoms with E-state index in [1.807, 2.05) is 0 Å². The maximum Gasteiger partial charge on any atom is 0.370 e. The van der Waals surface area contributed by atoms with E-state index in [-0.39, 0.29) is 31.1 Å². The van der Waals surface area contributed by atoms with E-state index < -0.39 is 24.2 Å². The van der Waals surface area contributed by atoms with Gasteiger partial charge in [-0.1, -0.05) is 0 Å². The molecule has 1 amide bonds. The van der Waals surface area contributed by atoms with Gasteiger partial charge in [0.25, 0.3) is 0 Å². The highest BCUT2D eigenvalue weighted by Gasteiger charge is 2.35. The lowest BCUT2D eigenvalue weighted by Gasteiger charge is -2.34. The number of hydrogen-bond donors (Lipinski definition) is 5. The normalized spacial score (nSPS) is 22.6. The van der Waals surface area contributed by atoms with Crippen LogP contribution in [0.3, 0.4) is 0 Å². The number of carbonyl (C=O) groups is 2. The zero-order valence-electron chi connectivity index (χ0n) is 11.6. The molecule has 1 rings (SSSR count). The fourth-order valence-corrected chi connectivity index (χ4v) is 1.83. The molecule has 20 heavy (non-hydrogen) atoms. The third-order valence-corrected chi connectivity index (χ3v) is 2.62. The van der Waals surface area contributed by atoms with Crippen molar-refractivity contribution < 1.29 is 29.6 Å². The first-order valence-electron chi connectivity index (χ1n) is 6.19. The van der Waals surface area contributed by atoms with Crippen LogP contribution in [0.4, 0.5) is 0 Å². The van der Waals surface area contributed by atoms with Crippen molar-refractivity contribution in [2.75, 3.05) is 13.7 Å². The number of carbonyl (C=O) groups excluding carboxylic acids is 1. The number of nitrogens with two attached hydrogens (primary N) is 1. The lowest BCUT2D eigenvalue weighted by Crippen LogP contribution is -2.51. The smallest absolute Gasteiger partial charge is 0.370 e. The Kier molecular flexibility index (Phi) is 8.53. The topological polar surface area (TPSA) is 142 Å². The highest BCUT2D eigenvalue weighted by molar-refractivity contribution is 5.84. The van der Waals surface area contributed by atoms with Gasteiger partial charge >= 0.3 is 5.97 Å². The van der Waals surface area contributed by atoms with Gasteiger partial charge in [0.05, 0.1) is 12.1 Å². The molecule has 0 aromatic carbocycles. The van der Waals surface area contributed by atoms with Gasteiger partial charge in [-0.3, -0.25) is 4.79 Å². The predicted octanol–water partition coefficient (Wildman–Crippen LogP) is -1.43. The fraction of sp³-hybridized carbons (Fsp3) is 0.667. The van der Waals surface area contributed by atoms with Gasteiger partial charge in [0.2, 0.25) is 11.7 Å². The molecular formula is C12H22N2O6. The van der Waals surface area contributed by atoms with Gasteiger partial charge in [-0.05, 0) is 19.5 Å². The molecule has 8 nitrogen and oxygen atoms in total. The summed E-state index contributed by atoms with van der Waals surface area (Å²) in [6.45, 7) is 1.08. The van der Waals surface area contributed by atoms with Crippen molar-refractivity contribution >= 4 is 11.9 Å². The van der Waals surface area contributed by atoms with Gasteiger partial charge < -0.3 is 31.1 Å². The van der Waals surface area contributed by atoms with Crippen LogP contribution in [-0.2, 0) is 14.3 Å². The molecule has 0 radical (unpaired) electrons. The van der Waals surface area contributed by atoms with Crippen LogP contribution >= 0.6 is 0 Å². The van der Waals surface area contributed by atoms with Crippen molar-refractivity contribution in [3.8, 4) is 0 Å². The number of amides is 1. The summed E-state index contributed by atoms with van der Waals surface area (Å²) in [5, 5.41) is 30.0. The molecule has 0 aromatic heterocycles. The van der Waals surface area contributed by atoms with Crippen molar-refractivity contribution in [1.82, 2.24) is 5.32 Å². The number of aliphatic hydroxyl groups is 2. The Morgan fingerprint density at radius 1 is 1.55 bits per heavy atom. The van der Waals surface area contributed by atoms with Crippen molar-refractivity contribution in [2.24, 2.45) is 5.73 Å². The molecule has 0 aromatic rings. The SMILES string of the molecule is CC(=O)NC1CC=C(C(=O)O)OC1[C@@H](O)CCO.CN. The second-order valence-electron chi connectivity index (χ2n) is 4.08. The monoisotopic (exact) mass is 290 g/mol. The van der Waals surface area contributed by atoms with Crippen LogP contribution < -0.4 is 11.1 Å². The van der Waals surface area contributed by atoms with Crippen LogP contribution in [-0.4, -0.2) is 59.1 Å². The van der Waals surface area contributed by atoms with Gasteiger partial charge in [0.1, 0.15) is 6.10 Å². The first-order valence-corrected chi connectivity index (χ1v) is 6.19. The Morgan fingerprint density at radius 3 is 2.60 bits per heavy atom. The third-order valence-electron chi connectivity index (χ3n) is 2.62. The number of hydrogen-bond acceptors (Lipinski definition) is 6. The van der Waals surface area contributed by atoms with Crippen LogP contribution in [0.25, 0.3) is 0 Å². The minimum atomic E-state index is -1.22. The maximum atomic E-state index is 11.0.